The fourth-order valence-electron chi connectivity index (χ4n) is 4.56. The molecule has 2 bridgehead atoms. The highest BCUT2D eigenvalue weighted by atomic mass is 32.1. The summed E-state index contributed by atoms with van der Waals surface area (Å²) >= 11 is 4.66. The Hall–Kier alpha value is -3.47. The van der Waals surface area contributed by atoms with E-state index in [0.29, 0.717) is 44.8 Å². The fourth-order valence-corrected chi connectivity index (χ4v) is 4.67. The van der Waals surface area contributed by atoms with Crippen molar-refractivity contribution in [3.8, 4) is 0 Å². The largest absolute Gasteiger partial charge is 0.480 e. The number of isothiocyanates is 1. The van der Waals surface area contributed by atoms with Gasteiger partial charge in [-0.25, -0.2) is 0 Å². The molecule has 2 aromatic carbocycles. The van der Waals surface area contributed by atoms with Gasteiger partial charge in [-0.1, -0.05) is 36.4 Å². The third-order valence-corrected chi connectivity index (χ3v) is 6.23. The number of benzene rings is 2. The van der Waals surface area contributed by atoms with Crippen molar-refractivity contribution in [1.29, 1.82) is 0 Å². The Labute approximate surface area is 220 Å². The topological polar surface area (TPSA) is 134 Å². The van der Waals surface area contributed by atoms with Gasteiger partial charge in [0.1, 0.15) is 0 Å². The second kappa shape index (κ2) is 13.7. The Balaban J connectivity index is 1.99. The van der Waals surface area contributed by atoms with Crippen LogP contribution in [0.5, 0.6) is 0 Å². The van der Waals surface area contributed by atoms with Crippen molar-refractivity contribution >= 4 is 41.0 Å². The number of carboxylic acids is 3. The average Bonchev–Trinajstić information content (AvgIpc) is 2.81. The fraction of sp³-hybridized carbons (Fsp3) is 0.385. The van der Waals surface area contributed by atoms with Crippen molar-refractivity contribution in [2.24, 2.45) is 4.99 Å². The van der Waals surface area contributed by atoms with E-state index in [2.05, 4.69) is 22.4 Å². The predicted molar refractivity (Wildman–Crippen MR) is 140 cm³/mol. The Morgan fingerprint density at radius 2 is 1.46 bits per heavy atom. The van der Waals surface area contributed by atoms with Gasteiger partial charge in [0.15, 0.2) is 0 Å². The van der Waals surface area contributed by atoms with Crippen LogP contribution < -0.4 is 0 Å². The monoisotopic (exact) mass is 526 g/mol. The van der Waals surface area contributed by atoms with Gasteiger partial charge >= 0.3 is 17.9 Å². The van der Waals surface area contributed by atoms with E-state index in [4.69, 9.17) is 0 Å². The maximum Gasteiger partial charge on any atom is 0.317 e. The van der Waals surface area contributed by atoms with Crippen molar-refractivity contribution in [2.75, 3.05) is 39.3 Å². The molecule has 1 aliphatic heterocycles. The first-order valence-corrected chi connectivity index (χ1v) is 12.2. The van der Waals surface area contributed by atoms with Crippen molar-refractivity contribution < 1.29 is 29.7 Å². The molecule has 3 N–H and O–H groups in total. The van der Waals surface area contributed by atoms with E-state index in [1.807, 2.05) is 41.3 Å². The molecule has 0 radical (unpaired) electrons. The molecule has 2 aromatic rings. The number of fused-ring (bicyclic) bond motifs is 2. The number of rotatable bonds is 9. The van der Waals surface area contributed by atoms with E-state index in [9.17, 15) is 29.7 Å². The summed E-state index contributed by atoms with van der Waals surface area (Å²) in [4.78, 5) is 44.3. The smallest absolute Gasteiger partial charge is 0.317 e. The van der Waals surface area contributed by atoms with Gasteiger partial charge in [0.2, 0.25) is 0 Å². The summed E-state index contributed by atoms with van der Waals surface area (Å²) in [6, 6.07) is 14.7. The molecule has 1 aliphatic rings. The van der Waals surface area contributed by atoms with Crippen LogP contribution in [-0.2, 0) is 33.9 Å². The summed E-state index contributed by atoms with van der Waals surface area (Å²) in [6.07, 6.45) is 0.476. The lowest BCUT2D eigenvalue weighted by atomic mass is 10.0. The summed E-state index contributed by atoms with van der Waals surface area (Å²) in [5.41, 5.74) is 3.40. The number of aliphatic imine (C=N–C) groups is 1. The molecule has 196 valence electrons. The number of carboxylic acid groups (broad SMARTS) is 3. The molecule has 0 saturated carbocycles. The number of carbonyl (C=O) groups is 3. The van der Waals surface area contributed by atoms with Gasteiger partial charge < -0.3 is 15.3 Å². The zero-order valence-electron chi connectivity index (χ0n) is 20.3. The van der Waals surface area contributed by atoms with Crippen LogP contribution >= 0.6 is 12.2 Å². The van der Waals surface area contributed by atoms with Gasteiger partial charge in [-0.15, -0.1) is 0 Å². The maximum absolute atomic E-state index is 11.8. The maximum atomic E-state index is 11.8. The standard InChI is InChI=1S/C26H30N4O6S/c31-24(32)15-28-8-9-29(16-25(33)34)14-23(11-19-4-6-22(7-5-19)27-18-37)30(17-26(35)36)13-21-3-1-2-20(10-21)12-28/h1-7,10,23H,8-9,11-17H2,(H,31,32)(H,33,34)(H,35,36)/t23-/m0/s1. The first kappa shape index (κ1) is 28.1. The summed E-state index contributed by atoms with van der Waals surface area (Å²) in [5.74, 6) is -2.94. The van der Waals surface area contributed by atoms with E-state index in [0.717, 1.165) is 16.7 Å². The van der Waals surface area contributed by atoms with E-state index in [-0.39, 0.29) is 25.7 Å². The van der Waals surface area contributed by atoms with Gasteiger partial charge in [0, 0.05) is 38.8 Å². The second-order valence-corrected chi connectivity index (χ2v) is 9.26. The van der Waals surface area contributed by atoms with E-state index < -0.39 is 17.9 Å². The van der Waals surface area contributed by atoms with Crippen LogP contribution in [0.15, 0.2) is 53.5 Å². The number of hydrogen-bond donors (Lipinski definition) is 3. The summed E-state index contributed by atoms with van der Waals surface area (Å²) in [5, 5.41) is 31.0. The first-order valence-electron chi connectivity index (χ1n) is 11.8. The predicted octanol–water partition coefficient (Wildman–Crippen LogP) is 2.21. The third kappa shape index (κ3) is 9.49. The van der Waals surface area contributed by atoms with Crippen molar-refractivity contribution in [2.45, 2.75) is 25.6 Å². The Bertz CT molecular complexity index is 1150. The molecule has 10 nitrogen and oxygen atoms in total. The van der Waals surface area contributed by atoms with Gasteiger partial charge in [0.05, 0.1) is 30.5 Å². The first-order chi connectivity index (χ1) is 17.7. The van der Waals surface area contributed by atoms with Crippen LogP contribution in [0.4, 0.5) is 5.69 Å². The molecule has 1 atom stereocenters. The number of aliphatic carboxylic acids is 3. The summed E-state index contributed by atoms with van der Waals surface area (Å²) in [7, 11) is 0. The Kier molecular flexibility index (Phi) is 10.4. The molecule has 0 saturated heterocycles. The molecular weight excluding hydrogens is 496 g/mol. The number of nitrogens with zero attached hydrogens (tertiary/aromatic N) is 4. The van der Waals surface area contributed by atoms with Crippen LogP contribution in [0.25, 0.3) is 0 Å². The number of hydrogen-bond acceptors (Lipinski definition) is 8. The molecule has 0 spiro atoms. The zero-order valence-corrected chi connectivity index (χ0v) is 21.1. The molecular formula is C26H30N4O6S. The van der Waals surface area contributed by atoms with E-state index in [1.165, 1.54) is 0 Å². The molecule has 0 aliphatic carbocycles. The van der Waals surface area contributed by atoms with E-state index in [1.54, 1.807) is 21.9 Å². The molecule has 11 heteroatoms. The van der Waals surface area contributed by atoms with Crippen LogP contribution in [0, 0.1) is 0 Å². The summed E-state index contributed by atoms with van der Waals surface area (Å²) < 4.78 is 0. The quantitative estimate of drug-likeness (QED) is 0.330. The SMILES string of the molecule is O=C(O)CN1CCN(CC(=O)O)C[C@H](Cc2ccc(N=C=S)cc2)N(CC(=O)O)Cc2cccc(c2)C1. The highest BCUT2D eigenvalue weighted by Crippen LogP contribution is 2.20. The van der Waals surface area contributed by atoms with Crippen molar-refractivity contribution in [3.05, 3.63) is 65.2 Å². The lowest BCUT2D eigenvalue weighted by Gasteiger charge is -2.36. The Morgan fingerprint density at radius 3 is 2.08 bits per heavy atom. The third-order valence-electron chi connectivity index (χ3n) is 6.14. The molecule has 0 unspecified atom stereocenters. The minimum atomic E-state index is -1.01. The van der Waals surface area contributed by atoms with Crippen LogP contribution in [-0.4, -0.2) is 98.4 Å². The van der Waals surface area contributed by atoms with Gasteiger partial charge in [-0.05, 0) is 47.5 Å². The molecule has 1 heterocycles. The lowest BCUT2D eigenvalue weighted by molar-refractivity contribution is -0.141. The highest BCUT2D eigenvalue weighted by molar-refractivity contribution is 7.78. The minimum Gasteiger partial charge on any atom is -0.480 e. The highest BCUT2D eigenvalue weighted by Gasteiger charge is 2.26. The Morgan fingerprint density at radius 1 is 0.865 bits per heavy atom. The van der Waals surface area contributed by atoms with Gasteiger partial charge in [0.25, 0.3) is 0 Å². The van der Waals surface area contributed by atoms with Crippen molar-refractivity contribution in [3.63, 3.8) is 0 Å². The molecule has 0 amide bonds. The minimum absolute atomic E-state index is 0.170. The average molecular weight is 527 g/mol. The van der Waals surface area contributed by atoms with Crippen LogP contribution in [0.1, 0.15) is 16.7 Å². The van der Waals surface area contributed by atoms with Crippen molar-refractivity contribution in [1.82, 2.24) is 14.7 Å². The molecule has 0 fully saturated rings. The van der Waals surface area contributed by atoms with Gasteiger partial charge in [-0.2, -0.15) is 4.99 Å². The van der Waals surface area contributed by atoms with E-state index >= 15 is 0 Å². The molecule has 3 rings (SSSR count). The van der Waals surface area contributed by atoms with Gasteiger partial charge in [-0.3, -0.25) is 29.1 Å². The molecule has 0 aromatic heterocycles. The lowest BCUT2D eigenvalue weighted by Crippen LogP contribution is -2.49. The second-order valence-electron chi connectivity index (χ2n) is 9.08. The summed E-state index contributed by atoms with van der Waals surface area (Å²) in [6.45, 7) is 1.06. The number of thiocarbonyl (C=S) groups is 1. The normalized spacial score (nSPS) is 17.7. The zero-order chi connectivity index (χ0) is 26.8. The van der Waals surface area contributed by atoms with Crippen LogP contribution in [0.3, 0.4) is 0 Å². The van der Waals surface area contributed by atoms with Crippen LogP contribution in [0.2, 0.25) is 0 Å². The molecule has 37 heavy (non-hydrogen) atoms.